The summed E-state index contributed by atoms with van der Waals surface area (Å²) in [6, 6.07) is 7.45. The van der Waals surface area contributed by atoms with Crippen molar-refractivity contribution < 1.29 is 13.9 Å². The van der Waals surface area contributed by atoms with Gasteiger partial charge in [0, 0.05) is 11.3 Å². The molecule has 1 amide bonds. The van der Waals surface area contributed by atoms with E-state index in [1.54, 1.807) is 33.8 Å². The molecular formula is C18H18FN3O3. The van der Waals surface area contributed by atoms with Gasteiger partial charge in [-0.05, 0) is 51.5 Å². The van der Waals surface area contributed by atoms with Crippen molar-refractivity contribution >= 4 is 11.8 Å². The number of anilines is 1. The number of hydrogen-bond donors (Lipinski definition) is 2. The van der Waals surface area contributed by atoms with E-state index in [1.165, 1.54) is 12.1 Å². The number of H-pyrrole nitrogens is 1. The van der Waals surface area contributed by atoms with E-state index in [1.807, 2.05) is 6.07 Å². The maximum absolute atomic E-state index is 14.3. The molecule has 130 valence electrons. The average molecular weight is 343 g/mol. The minimum Gasteiger partial charge on any atom is -0.444 e. The Hall–Kier alpha value is -3.14. The second-order valence-electron chi connectivity index (χ2n) is 6.50. The van der Waals surface area contributed by atoms with Crippen LogP contribution in [-0.2, 0) is 4.74 Å². The standard InChI is InChI=1S/C18H18FN3O3/c1-10-7-12(13(9-20)16(23)21-10)11-5-6-15(14(19)8-11)22-17(24)25-18(2,3)4/h5-8H,1-4H3,(H,21,23)(H,22,24). The largest absolute Gasteiger partial charge is 0.444 e. The molecule has 0 saturated carbocycles. The first-order chi connectivity index (χ1) is 11.6. The van der Waals surface area contributed by atoms with Crippen LogP contribution in [-0.4, -0.2) is 16.7 Å². The number of nitriles is 1. The number of benzene rings is 1. The van der Waals surface area contributed by atoms with Crippen LogP contribution in [0.2, 0.25) is 0 Å². The Morgan fingerprint density at radius 1 is 1.32 bits per heavy atom. The summed E-state index contributed by atoms with van der Waals surface area (Å²) < 4.78 is 19.4. The lowest BCUT2D eigenvalue weighted by molar-refractivity contribution is 0.0635. The van der Waals surface area contributed by atoms with Crippen LogP contribution in [0.5, 0.6) is 0 Å². The van der Waals surface area contributed by atoms with Crippen LogP contribution in [0, 0.1) is 24.1 Å². The zero-order valence-corrected chi connectivity index (χ0v) is 14.4. The lowest BCUT2D eigenvalue weighted by atomic mass is 10.0. The van der Waals surface area contributed by atoms with Crippen molar-refractivity contribution in [1.29, 1.82) is 5.26 Å². The fraction of sp³-hybridized carbons (Fsp3) is 0.278. The molecule has 0 bridgehead atoms. The molecule has 0 radical (unpaired) electrons. The highest BCUT2D eigenvalue weighted by atomic mass is 19.1. The monoisotopic (exact) mass is 343 g/mol. The van der Waals surface area contributed by atoms with Crippen LogP contribution < -0.4 is 10.9 Å². The van der Waals surface area contributed by atoms with Crippen LogP contribution in [0.3, 0.4) is 0 Å². The van der Waals surface area contributed by atoms with Crippen molar-refractivity contribution in [2.75, 3.05) is 5.32 Å². The van der Waals surface area contributed by atoms with E-state index >= 15 is 0 Å². The van der Waals surface area contributed by atoms with Gasteiger partial charge in [0.05, 0.1) is 5.69 Å². The van der Waals surface area contributed by atoms with E-state index in [2.05, 4.69) is 10.3 Å². The maximum atomic E-state index is 14.3. The number of aromatic amines is 1. The zero-order valence-electron chi connectivity index (χ0n) is 14.4. The normalized spacial score (nSPS) is 10.9. The summed E-state index contributed by atoms with van der Waals surface area (Å²) >= 11 is 0. The Morgan fingerprint density at radius 2 is 2.00 bits per heavy atom. The van der Waals surface area contributed by atoms with Crippen molar-refractivity contribution in [3.05, 3.63) is 51.7 Å². The molecule has 25 heavy (non-hydrogen) atoms. The van der Waals surface area contributed by atoms with Gasteiger partial charge in [-0.3, -0.25) is 10.1 Å². The highest BCUT2D eigenvalue weighted by molar-refractivity contribution is 5.86. The van der Waals surface area contributed by atoms with Crippen molar-refractivity contribution in [3.8, 4) is 17.2 Å². The number of nitrogens with zero attached hydrogens (tertiary/aromatic N) is 1. The van der Waals surface area contributed by atoms with Gasteiger partial charge in [0.1, 0.15) is 23.1 Å². The van der Waals surface area contributed by atoms with Gasteiger partial charge >= 0.3 is 6.09 Å². The second-order valence-corrected chi connectivity index (χ2v) is 6.50. The molecule has 0 fully saturated rings. The Labute approximate surface area is 144 Å². The number of hydrogen-bond acceptors (Lipinski definition) is 4. The molecule has 6 nitrogen and oxygen atoms in total. The van der Waals surface area contributed by atoms with Gasteiger partial charge in [-0.1, -0.05) is 6.07 Å². The molecule has 0 aliphatic carbocycles. The lowest BCUT2D eigenvalue weighted by Crippen LogP contribution is -2.27. The highest BCUT2D eigenvalue weighted by Crippen LogP contribution is 2.26. The molecule has 2 N–H and O–H groups in total. The van der Waals surface area contributed by atoms with Crippen LogP contribution in [0.4, 0.5) is 14.9 Å². The first-order valence-corrected chi connectivity index (χ1v) is 7.54. The molecule has 0 aliphatic heterocycles. The summed E-state index contributed by atoms with van der Waals surface area (Å²) in [5.74, 6) is -0.704. The number of amides is 1. The molecule has 0 saturated heterocycles. The van der Waals surface area contributed by atoms with Gasteiger partial charge in [0.2, 0.25) is 0 Å². The summed E-state index contributed by atoms with van der Waals surface area (Å²) in [7, 11) is 0. The smallest absolute Gasteiger partial charge is 0.412 e. The molecule has 7 heteroatoms. The minimum absolute atomic E-state index is 0.0573. The second kappa shape index (κ2) is 6.77. The highest BCUT2D eigenvalue weighted by Gasteiger charge is 2.18. The number of rotatable bonds is 2. The molecule has 1 heterocycles. The number of carbonyl (C=O) groups excluding carboxylic acids is 1. The summed E-state index contributed by atoms with van der Waals surface area (Å²) in [6.45, 7) is 6.76. The minimum atomic E-state index is -0.774. The third-order valence-corrected chi connectivity index (χ3v) is 3.20. The summed E-state index contributed by atoms with van der Waals surface area (Å²) in [4.78, 5) is 26.1. The Bertz CT molecular complexity index is 921. The number of aryl methyl sites for hydroxylation is 1. The molecule has 0 unspecified atom stereocenters. The van der Waals surface area contributed by atoms with E-state index in [4.69, 9.17) is 10.00 Å². The molecule has 0 spiro atoms. The topological polar surface area (TPSA) is 95.0 Å². The summed E-state index contributed by atoms with van der Waals surface area (Å²) in [6.07, 6.45) is -0.774. The Morgan fingerprint density at radius 3 is 2.56 bits per heavy atom. The van der Waals surface area contributed by atoms with E-state index in [0.717, 1.165) is 6.07 Å². The fourth-order valence-electron chi connectivity index (χ4n) is 2.22. The number of ether oxygens (including phenoxy) is 1. The van der Waals surface area contributed by atoms with Crippen LogP contribution in [0.15, 0.2) is 29.1 Å². The van der Waals surface area contributed by atoms with Crippen molar-refractivity contribution in [2.45, 2.75) is 33.3 Å². The first kappa shape index (κ1) is 18.2. The van der Waals surface area contributed by atoms with Crippen molar-refractivity contribution in [2.24, 2.45) is 0 Å². The van der Waals surface area contributed by atoms with Gasteiger partial charge in [-0.2, -0.15) is 5.26 Å². The number of halogens is 1. The molecule has 0 aliphatic rings. The first-order valence-electron chi connectivity index (χ1n) is 7.54. The zero-order chi connectivity index (χ0) is 18.8. The van der Waals surface area contributed by atoms with E-state index in [9.17, 15) is 14.0 Å². The van der Waals surface area contributed by atoms with Crippen LogP contribution in [0.1, 0.15) is 32.0 Å². The SMILES string of the molecule is Cc1cc(-c2ccc(NC(=O)OC(C)(C)C)c(F)c2)c(C#N)c(=O)[nH]1. The van der Waals surface area contributed by atoms with Crippen LogP contribution >= 0.6 is 0 Å². The third kappa shape index (κ3) is 4.44. The molecule has 2 aromatic rings. The quantitative estimate of drug-likeness (QED) is 0.869. The molecule has 0 atom stereocenters. The molecule has 2 rings (SSSR count). The fourth-order valence-corrected chi connectivity index (χ4v) is 2.22. The maximum Gasteiger partial charge on any atom is 0.412 e. The summed E-state index contributed by atoms with van der Waals surface area (Å²) in [5, 5.41) is 11.5. The van der Waals surface area contributed by atoms with E-state index < -0.39 is 23.1 Å². The van der Waals surface area contributed by atoms with Gasteiger partial charge in [0.15, 0.2) is 0 Å². The number of pyridine rings is 1. The van der Waals surface area contributed by atoms with E-state index in [0.29, 0.717) is 16.8 Å². The van der Waals surface area contributed by atoms with E-state index in [-0.39, 0.29) is 11.3 Å². The summed E-state index contributed by atoms with van der Waals surface area (Å²) in [5.41, 5.74) is -0.158. The number of carbonyl (C=O) groups is 1. The predicted octanol–water partition coefficient (Wildman–Crippen LogP) is 3.71. The Kier molecular flexibility index (Phi) is 4.93. The number of aromatic nitrogens is 1. The van der Waals surface area contributed by atoms with Gasteiger partial charge in [0.25, 0.3) is 5.56 Å². The van der Waals surface area contributed by atoms with Gasteiger partial charge in [-0.15, -0.1) is 0 Å². The molecular weight excluding hydrogens is 325 g/mol. The Balaban J connectivity index is 2.37. The van der Waals surface area contributed by atoms with Gasteiger partial charge < -0.3 is 9.72 Å². The average Bonchev–Trinajstić information content (AvgIpc) is 2.46. The van der Waals surface area contributed by atoms with Crippen LogP contribution in [0.25, 0.3) is 11.1 Å². The lowest BCUT2D eigenvalue weighted by Gasteiger charge is -2.20. The van der Waals surface area contributed by atoms with Crippen molar-refractivity contribution in [3.63, 3.8) is 0 Å². The molecule has 1 aromatic carbocycles. The predicted molar refractivity (Wildman–Crippen MR) is 91.8 cm³/mol. The van der Waals surface area contributed by atoms with Gasteiger partial charge in [-0.25, -0.2) is 9.18 Å². The molecule has 1 aromatic heterocycles. The number of nitrogens with one attached hydrogen (secondary N) is 2. The third-order valence-electron chi connectivity index (χ3n) is 3.20. The van der Waals surface area contributed by atoms with Crippen molar-refractivity contribution in [1.82, 2.24) is 4.98 Å².